The largest absolute Gasteiger partial charge is 0.309 e. The number of aromatic nitrogens is 16. The van der Waals surface area contributed by atoms with E-state index in [4.69, 9.17) is 49.8 Å². The van der Waals surface area contributed by atoms with Gasteiger partial charge in [-0.3, -0.25) is 28.7 Å². The zero-order chi connectivity index (χ0) is 97.6. The molecule has 0 fully saturated rings. The fraction of sp³-hybridized carbons (Fsp3) is 0. The van der Waals surface area contributed by atoms with Crippen LogP contribution in [0.4, 0.5) is 0 Å². The summed E-state index contributed by atoms with van der Waals surface area (Å²) in [5.41, 5.74) is 33.8. The molecule has 0 radical (unpaired) electrons. The van der Waals surface area contributed by atoms with E-state index in [1.54, 1.807) is 0 Å². The predicted molar refractivity (Wildman–Crippen MR) is 604 cm³/mol. The maximum Gasteiger partial charge on any atom is 0.238 e. The van der Waals surface area contributed by atoms with E-state index in [2.05, 4.69) is 385 Å². The summed E-state index contributed by atoms with van der Waals surface area (Å²) in [6.45, 7) is 0. The van der Waals surface area contributed by atoms with Crippen molar-refractivity contribution in [3.8, 4) is 125 Å². The number of fused-ring (bicyclic) bond motifs is 19. The van der Waals surface area contributed by atoms with E-state index in [1.165, 1.54) is 60.1 Å². The number of nitrogens with zero attached hydrogens (tertiary/aromatic N) is 16. The van der Waals surface area contributed by atoms with Gasteiger partial charge in [-0.1, -0.05) is 334 Å². The Hall–Kier alpha value is -20.4. The third kappa shape index (κ3) is 14.6. The zero-order valence-electron chi connectivity index (χ0n) is 79.7. The average Bonchev–Trinajstić information content (AvgIpc) is 1.57. The van der Waals surface area contributed by atoms with Gasteiger partial charge in [-0.15, -0.1) is 0 Å². The van der Waals surface area contributed by atoms with E-state index in [1.807, 2.05) is 152 Å². The van der Waals surface area contributed by atoms with E-state index < -0.39 is 0 Å². The molecule has 0 amide bonds. The van der Waals surface area contributed by atoms with Gasteiger partial charge < -0.3 is 13.7 Å². The van der Waals surface area contributed by atoms with Gasteiger partial charge in [0, 0.05) is 123 Å². The first-order valence-electron chi connectivity index (χ1n) is 49.6. The second-order valence-corrected chi connectivity index (χ2v) is 36.9. The minimum Gasteiger partial charge on any atom is -0.309 e. The van der Waals surface area contributed by atoms with Gasteiger partial charge in [-0.25, -0.2) is 24.9 Å². The Labute approximate surface area is 848 Å². The summed E-state index contributed by atoms with van der Waals surface area (Å²) >= 11 is 0. The minimum atomic E-state index is 0.548. The van der Waals surface area contributed by atoms with Crippen molar-refractivity contribution in [3.05, 3.63) is 510 Å². The van der Waals surface area contributed by atoms with E-state index in [9.17, 15) is 0 Å². The van der Waals surface area contributed by atoms with Crippen LogP contribution in [0.5, 0.6) is 0 Å². The molecular weight excluding hydrogens is 1810 g/mol. The molecule has 18 aromatic carbocycles. The fourth-order valence-corrected chi connectivity index (χ4v) is 21.9. The molecule has 0 aliphatic heterocycles. The van der Waals surface area contributed by atoms with E-state index in [0.717, 1.165) is 177 Å². The minimum absolute atomic E-state index is 0.548. The highest BCUT2D eigenvalue weighted by molar-refractivity contribution is 6.21. The number of benzene rings is 18. The molecule has 0 aliphatic rings. The van der Waals surface area contributed by atoms with E-state index in [-0.39, 0.29) is 0 Å². The Kier molecular flexibility index (Phi) is 20.8. The van der Waals surface area contributed by atoms with Crippen molar-refractivity contribution in [1.82, 2.24) is 77.2 Å². The Morgan fingerprint density at radius 3 is 0.905 bits per heavy atom. The van der Waals surface area contributed by atoms with Crippen LogP contribution in [0, 0.1) is 0 Å². The third-order valence-corrected chi connectivity index (χ3v) is 28.4. The fourth-order valence-electron chi connectivity index (χ4n) is 21.9. The van der Waals surface area contributed by atoms with Crippen molar-refractivity contribution in [2.45, 2.75) is 0 Å². The number of hydrogen-bond acceptors (Lipinski definition) is 10. The summed E-state index contributed by atoms with van der Waals surface area (Å²) in [4.78, 5) is 50.4. The molecule has 692 valence electrons. The van der Waals surface area contributed by atoms with Crippen LogP contribution in [0.3, 0.4) is 0 Å². The Bertz CT molecular complexity index is 9910. The smallest absolute Gasteiger partial charge is 0.238 e. The highest BCUT2D eigenvalue weighted by Crippen LogP contribution is 2.47. The molecule has 0 spiro atoms. The summed E-state index contributed by atoms with van der Waals surface area (Å²) in [7, 11) is 0. The van der Waals surface area contributed by atoms with Crippen LogP contribution < -0.4 is 0 Å². The first-order chi connectivity index (χ1) is 73.5. The lowest BCUT2D eigenvalue weighted by atomic mass is 9.98. The standard InChI is InChI=1S/C45H29N5.C44H28N6.C43H27N5/c1-4-14-30(15-5-1)37-29-42(48-45(47-37)31-16-6-2-7-17-31)50-39-26-25-32(28-36(39)44-41(50)24-13-27-46-44)34-21-12-23-40-43(34)35-20-10-11-22-38(35)49(40)33-18-8-3-9-19-33;1-4-14-29(15-5-1)42-46-43(30-16-6-2-7-17-30)48-44(47-42)50-37-26-25-31(28-35(37)41-39(50)24-13-27-45-41)33-21-12-23-38-40(33)34-20-10-11-22-36(34)49(38)32-18-8-3-9-19-32;1-3-13-28(14-4-1)41-32-17-7-9-20-35(32)45-43(46-41)48-36-21-10-8-18-33(36)40-31(19-11-22-38(40)48)29-24-25-37-34(27-29)42-39(23-12-26-44-42)47(37)30-15-5-2-6-16-30/h1-29H;1-28H;1-27H. The summed E-state index contributed by atoms with van der Waals surface area (Å²) in [6, 6.07) is 171. The zero-order valence-corrected chi connectivity index (χ0v) is 79.7. The average molecular weight is 1890 g/mol. The van der Waals surface area contributed by atoms with Crippen LogP contribution in [0.15, 0.2) is 510 Å². The molecule has 12 aromatic heterocycles. The van der Waals surface area contributed by atoms with Gasteiger partial charge >= 0.3 is 0 Å². The lowest BCUT2D eigenvalue weighted by Crippen LogP contribution is -2.06. The summed E-state index contributed by atoms with van der Waals surface area (Å²) < 4.78 is 13.6. The van der Waals surface area contributed by atoms with Crippen molar-refractivity contribution in [2.75, 3.05) is 0 Å². The van der Waals surface area contributed by atoms with E-state index >= 15 is 0 Å². The van der Waals surface area contributed by atoms with Crippen LogP contribution >= 0.6 is 0 Å². The SMILES string of the molecule is c1ccc(-c2cc(-n3c4ccc(-c5cccc6c5c5ccccc5n6-c5ccccc5)cc4c4ncccc43)nc(-c3ccccc3)n2)cc1.c1ccc(-c2nc(-c3ccccc3)nc(-n3c4ccc(-c5cccc6c5c5ccccc5n6-c5ccccc5)cc4c4ncccc43)n2)cc1.c1ccc(-c2nc(-n3c4ccccc4c4c(-c5ccc6c(c5)c5ncccc5n6-c5ccccc5)cccc43)nc3ccccc23)cc1. The monoisotopic (exact) mass is 1890 g/mol. The van der Waals surface area contributed by atoms with Crippen LogP contribution in [-0.2, 0) is 0 Å². The topological polar surface area (TPSA) is 158 Å². The molecular formula is C132H84N16. The molecule has 148 heavy (non-hydrogen) atoms. The third-order valence-electron chi connectivity index (χ3n) is 28.4. The maximum absolute atomic E-state index is 5.26. The highest BCUT2D eigenvalue weighted by atomic mass is 15.2. The van der Waals surface area contributed by atoms with Gasteiger partial charge in [0.15, 0.2) is 17.5 Å². The molecule has 0 saturated heterocycles. The van der Waals surface area contributed by atoms with Crippen LogP contribution in [0.25, 0.3) is 267 Å². The van der Waals surface area contributed by atoms with Gasteiger partial charge in [0.2, 0.25) is 11.9 Å². The molecule has 0 unspecified atom stereocenters. The van der Waals surface area contributed by atoms with Crippen molar-refractivity contribution in [2.24, 2.45) is 0 Å². The highest BCUT2D eigenvalue weighted by Gasteiger charge is 2.28. The summed E-state index contributed by atoms with van der Waals surface area (Å²) in [5, 5.41) is 11.5. The molecule has 16 nitrogen and oxygen atoms in total. The molecule has 0 aliphatic carbocycles. The van der Waals surface area contributed by atoms with Crippen molar-refractivity contribution in [1.29, 1.82) is 0 Å². The number of hydrogen-bond donors (Lipinski definition) is 0. The lowest BCUT2D eigenvalue weighted by Gasteiger charge is -2.12. The lowest BCUT2D eigenvalue weighted by molar-refractivity contribution is 0.953. The van der Waals surface area contributed by atoms with E-state index in [0.29, 0.717) is 29.4 Å². The quantitative estimate of drug-likeness (QED) is 0.103. The molecule has 16 heteroatoms. The molecule has 12 heterocycles. The van der Waals surface area contributed by atoms with Crippen molar-refractivity contribution in [3.63, 3.8) is 0 Å². The van der Waals surface area contributed by atoms with Gasteiger partial charge in [0.05, 0.1) is 99.7 Å². The van der Waals surface area contributed by atoms with Crippen molar-refractivity contribution >= 4 is 142 Å². The van der Waals surface area contributed by atoms with Crippen molar-refractivity contribution < 1.29 is 0 Å². The maximum atomic E-state index is 5.26. The molecule has 30 aromatic rings. The first-order valence-corrected chi connectivity index (χ1v) is 49.6. The molecule has 0 saturated carbocycles. The number of pyridine rings is 3. The van der Waals surface area contributed by atoms with Crippen LogP contribution in [-0.4, -0.2) is 77.2 Å². The van der Waals surface area contributed by atoms with Gasteiger partial charge in [0.1, 0.15) is 5.82 Å². The number of para-hydroxylation sites is 7. The van der Waals surface area contributed by atoms with Gasteiger partial charge in [-0.2, -0.15) is 9.97 Å². The Balaban J connectivity index is 0.000000107. The predicted octanol–water partition coefficient (Wildman–Crippen LogP) is 32.1. The summed E-state index contributed by atoms with van der Waals surface area (Å²) in [5.74, 6) is 3.91. The van der Waals surface area contributed by atoms with Crippen LogP contribution in [0.1, 0.15) is 0 Å². The molecule has 30 rings (SSSR count). The second kappa shape index (κ2) is 36.0. The van der Waals surface area contributed by atoms with Crippen LogP contribution in [0.2, 0.25) is 0 Å². The Morgan fingerprint density at radius 2 is 0.466 bits per heavy atom. The molecule has 0 bridgehead atoms. The Morgan fingerprint density at radius 1 is 0.162 bits per heavy atom. The number of rotatable bonds is 14. The molecule has 0 N–H and O–H groups in total. The molecule has 0 atom stereocenters. The normalized spacial score (nSPS) is 11.6. The summed E-state index contributed by atoms with van der Waals surface area (Å²) in [6.07, 6.45) is 5.61. The van der Waals surface area contributed by atoms with Gasteiger partial charge in [-0.05, 0) is 185 Å². The van der Waals surface area contributed by atoms with Gasteiger partial charge in [0.25, 0.3) is 0 Å². The second-order valence-electron chi connectivity index (χ2n) is 36.9. The first kappa shape index (κ1) is 85.6.